The number of hydrogen-bond donors (Lipinski definition) is 1. The van der Waals surface area contributed by atoms with Gasteiger partial charge >= 0.3 is 0 Å². The molecule has 116 valence electrons. The maximum atomic E-state index is 3.44. The molecule has 0 aromatic heterocycles. The third-order valence-corrected chi connectivity index (χ3v) is 4.26. The smallest absolute Gasteiger partial charge is 0.0351 e. The number of rotatable bonds is 4. The van der Waals surface area contributed by atoms with E-state index in [0.29, 0.717) is 6.04 Å². The molecule has 0 unspecified atom stereocenters. The molecule has 0 radical (unpaired) electrons. The van der Waals surface area contributed by atoms with Crippen molar-refractivity contribution >= 4 is 47.4 Å². The largest absolute Gasteiger partial charge is 0.314 e. The number of hydrogen-bond acceptors (Lipinski definition) is 2. The molecule has 1 saturated heterocycles. The molecule has 20 heavy (non-hydrogen) atoms. The molecule has 1 aromatic carbocycles. The van der Waals surface area contributed by atoms with Crippen molar-refractivity contribution in [3.8, 4) is 0 Å². The zero-order valence-corrected chi connectivity index (χ0v) is 15.9. The summed E-state index contributed by atoms with van der Waals surface area (Å²) in [7, 11) is 0. The highest BCUT2D eigenvalue weighted by Gasteiger charge is 2.22. The Kier molecular flexibility index (Phi) is 10.5. The van der Waals surface area contributed by atoms with Gasteiger partial charge in [-0.05, 0) is 52.6 Å². The average Bonchev–Trinajstić information content (AvgIpc) is 2.38. The van der Waals surface area contributed by atoms with Crippen molar-refractivity contribution in [3.05, 3.63) is 33.4 Å². The molecule has 0 saturated carbocycles. The van der Waals surface area contributed by atoms with Gasteiger partial charge in [-0.25, -0.2) is 0 Å². The van der Waals surface area contributed by atoms with E-state index in [4.69, 9.17) is 0 Å². The van der Waals surface area contributed by atoms with Crippen molar-refractivity contribution in [1.29, 1.82) is 0 Å². The lowest BCUT2D eigenvalue weighted by molar-refractivity contribution is 0.154. The molecule has 1 aromatic rings. The topological polar surface area (TPSA) is 15.3 Å². The second kappa shape index (κ2) is 10.2. The molecular formula is C15H25Cl2IN2. The normalized spacial score (nSPS) is 17.2. The standard InChI is InChI=1S/C15H23IN2.2ClH/c1-12(2)11-15(18-9-7-17-8-10-18)13-3-5-14(16)6-4-13;;/h3-6,12,15,17H,7-11H2,1-2H3;2*1H/t15-;;/m0../s1. The van der Waals surface area contributed by atoms with Gasteiger partial charge in [0.2, 0.25) is 0 Å². The van der Waals surface area contributed by atoms with Crippen molar-refractivity contribution in [3.63, 3.8) is 0 Å². The monoisotopic (exact) mass is 430 g/mol. The van der Waals surface area contributed by atoms with Gasteiger partial charge in [0, 0.05) is 35.8 Å². The molecule has 1 fully saturated rings. The summed E-state index contributed by atoms with van der Waals surface area (Å²) in [6.45, 7) is 9.23. The number of halogens is 3. The maximum absolute atomic E-state index is 3.44. The average molecular weight is 431 g/mol. The van der Waals surface area contributed by atoms with E-state index in [0.717, 1.165) is 19.0 Å². The van der Waals surface area contributed by atoms with Crippen LogP contribution in [0.25, 0.3) is 0 Å². The van der Waals surface area contributed by atoms with E-state index in [9.17, 15) is 0 Å². The first kappa shape index (κ1) is 20.5. The van der Waals surface area contributed by atoms with Gasteiger partial charge in [-0.2, -0.15) is 0 Å². The first-order valence-corrected chi connectivity index (χ1v) is 7.95. The van der Waals surface area contributed by atoms with Crippen molar-refractivity contribution in [2.24, 2.45) is 5.92 Å². The van der Waals surface area contributed by atoms with E-state index >= 15 is 0 Å². The Labute approximate surface area is 149 Å². The van der Waals surface area contributed by atoms with Gasteiger partial charge in [-0.1, -0.05) is 26.0 Å². The Balaban J connectivity index is 0.00000180. The zero-order valence-electron chi connectivity index (χ0n) is 12.1. The number of nitrogens with zero attached hydrogens (tertiary/aromatic N) is 1. The Morgan fingerprint density at radius 2 is 1.65 bits per heavy atom. The molecule has 0 amide bonds. The zero-order chi connectivity index (χ0) is 13.0. The van der Waals surface area contributed by atoms with Crippen molar-refractivity contribution in [2.75, 3.05) is 26.2 Å². The van der Waals surface area contributed by atoms with Gasteiger partial charge in [0.05, 0.1) is 0 Å². The third kappa shape index (κ3) is 6.06. The summed E-state index contributed by atoms with van der Waals surface area (Å²) in [5.41, 5.74) is 1.48. The van der Waals surface area contributed by atoms with E-state index in [-0.39, 0.29) is 24.8 Å². The highest BCUT2D eigenvalue weighted by atomic mass is 127. The quantitative estimate of drug-likeness (QED) is 0.722. The second-order valence-corrected chi connectivity index (χ2v) is 6.73. The van der Waals surface area contributed by atoms with Crippen LogP contribution in [0, 0.1) is 9.49 Å². The van der Waals surface area contributed by atoms with Gasteiger partial charge < -0.3 is 5.32 Å². The number of benzene rings is 1. The summed E-state index contributed by atoms with van der Waals surface area (Å²) in [6, 6.07) is 9.65. The highest BCUT2D eigenvalue weighted by molar-refractivity contribution is 14.1. The lowest BCUT2D eigenvalue weighted by atomic mass is 9.95. The van der Waals surface area contributed by atoms with E-state index < -0.39 is 0 Å². The number of piperazine rings is 1. The molecule has 1 aliphatic heterocycles. The van der Waals surface area contributed by atoms with Crippen LogP contribution in [0.2, 0.25) is 0 Å². The predicted octanol–water partition coefficient (Wildman–Crippen LogP) is 4.13. The SMILES string of the molecule is CC(C)C[C@@H](c1ccc(I)cc1)N1CCNCC1.Cl.Cl. The Morgan fingerprint density at radius 1 is 1.10 bits per heavy atom. The molecule has 2 rings (SSSR count). The van der Waals surface area contributed by atoms with Crippen LogP contribution in [0.4, 0.5) is 0 Å². The molecule has 0 aliphatic carbocycles. The molecule has 0 bridgehead atoms. The Bertz CT molecular complexity index is 365. The van der Waals surface area contributed by atoms with Gasteiger partial charge in [-0.3, -0.25) is 4.90 Å². The van der Waals surface area contributed by atoms with Gasteiger partial charge in [0.25, 0.3) is 0 Å². The fourth-order valence-corrected chi connectivity index (χ4v) is 2.98. The lowest BCUT2D eigenvalue weighted by Crippen LogP contribution is -2.45. The molecule has 5 heteroatoms. The van der Waals surface area contributed by atoms with E-state index in [1.54, 1.807) is 0 Å². The van der Waals surface area contributed by atoms with Gasteiger partial charge in [0.1, 0.15) is 0 Å². The minimum absolute atomic E-state index is 0. The molecule has 0 spiro atoms. The molecule has 1 atom stereocenters. The molecule has 1 N–H and O–H groups in total. The van der Waals surface area contributed by atoms with Crippen LogP contribution in [0.1, 0.15) is 31.9 Å². The van der Waals surface area contributed by atoms with Crippen molar-refractivity contribution in [1.82, 2.24) is 10.2 Å². The molecule has 1 heterocycles. The van der Waals surface area contributed by atoms with Crippen molar-refractivity contribution in [2.45, 2.75) is 26.3 Å². The first-order valence-electron chi connectivity index (χ1n) is 6.87. The minimum atomic E-state index is 0. The van der Waals surface area contributed by atoms with Crippen molar-refractivity contribution < 1.29 is 0 Å². The Morgan fingerprint density at radius 3 is 2.15 bits per heavy atom. The van der Waals surface area contributed by atoms with Crippen LogP contribution in [0.3, 0.4) is 0 Å². The van der Waals surface area contributed by atoms with Gasteiger partial charge in [0.15, 0.2) is 0 Å². The van der Waals surface area contributed by atoms with Crippen LogP contribution in [-0.2, 0) is 0 Å². The van der Waals surface area contributed by atoms with E-state index in [1.807, 2.05) is 0 Å². The second-order valence-electron chi connectivity index (χ2n) is 5.48. The first-order chi connectivity index (χ1) is 8.66. The van der Waals surface area contributed by atoms with E-state index in [1.165, 1.54) is 28.6 Å². The third-order valence-electron chi connectivity index (χ3n) is 3.54. The fraction of sp³-hybridized carbons (Fsp3) is 0.600. The summed E-state index contributed by atoms with van der Waals surface area (Å²) in [4.78, 5) is 2.64. The van der Waals surface area contributed by atoms with Crippen LogP contribution < -0.4 is 5.32 Å². The van der Waals surface area contributed by atoms with Crippen LogP contribution in [-0.4, -0.2) is 31.1 Å². The summed E-state index contributed by atoms with van der Waals surface area (Å²) >= 11 is 2.38. The summed E-state index contributed by atoms with van der Waals surface area (Å²) in [5.74, 6) is 0.740. The molecule has 1 aliphatic rings. The van der Waals surface area contributed by atoms with E-state index in [2.05, 4.69) is 70.9 Å². The minimum Gasteiger partial charge on any atom is -0.314 e. The molecule has 2 nitrogen and oxygen atoms in total. The van der Waals surface area contributed by atoms with Gasteiger partial charge in [-0.15, -0.1) is 24.8 Å². The number of nitrogens with one attached hydrogen (secondary N) is 1. The summed E-state index contributed by atoms with van der Waals surface area (Å²) in [6.07, 6.45) is 1.25. The Hall–Kier alpha value is 0.450. The highest BCUT2D eigenvalue weighted by Crippen LogP contribution is 2.28. The van der Waals surface area contributed by atoms with Crippen LogP contribution in [0.5, 0.6) is 0 Å². The predicted molar refractivity (Wildman–Crippen MR) is 100 cm³/mol. The molecular weight excluding hydrogens is 406 g/mol. The van der Waals surface area contributed by atoms with Crippen LogP contribution >= 0.6 is 47.4 Å². The van der Waals surface area contributed by atoms with Crippen LogP contribution in [0.15, 0.2) is 24.3 Å². The maximum Gasteiger partial charge on any atom is 0.0351 e. The lowest BCUT2D eigenvalue weighted by Gasteiger charge is -2.36. The summed E-state index contributed by atoms with van der Waals surface area (Å²) < 4.78 is 1.32. The summed E-state index contributed by atoms with van der Waals surface area (Å²) in [5, 5.41) is 3.44. The fourth-order valence-electron chi connectivity index (χ4n) is 2.62.